The average Bonchev–Trinajstić information content (AvgIpc) is 3.34. The minimum absolute atomic E-state index is 0.141. The number of sulfonamides is 1. The monoisotopic (exact) mass is 495 g/mol. The Balaban J connectivity index is 1.24. The van der Waals surface area contributed by atoms with E-state index >= 15 is 0 Å². The lowest BCUT2D eigenvalue weighted by Crippen LogP contribution is -2.40. The van der Waals surface area contributed by atoms with Gasteiger partial charge in [-0.25, -0.2) is 13.2 Å². The molecule has 9 nitrogen and oxygen atoms in total. The van der Waals surface area contributed by atoms with E-state index in [1.54, 1.807) is 0 Å². The molecule has 1 saturated heterocycles. The molecule has 5 rings (SSSR count). The number of carbonyl (C=O) groups excluding carboxylic acids is 2. The summed E-state index contributed by atoms with van der Waals surface area (Å²) in [6.07, 6.45) is 2.50. The second-order valence-corrected chi connectivity index (χ2v) is 10.4. The average molecular weight is 496 g/mol. The van der Waals surface area contributed by atoms with Crippen LogP contribution in [0.4, 0.5) is 5.69 Å². The first kappa shape index (κ1) is 23.4. The number of aromatic nitrogens is 1. The molecule has 2 aromatic carbocycles. The number of hydrogen-bond donors (Lipinski definition) is 1. The molecule has 0 atom stereocenters. The number of ether oxygens (including phenoxy) is 2. The zero-order valence-corrected chi connectivity index (χ0v) is 19.8. The summed E-state index contributed by atoms with van der Waals surface area (Å²) in [4.78, 5) is 30.2. The topological polar surface area (TPSA) is 115 Å². The molecular formula is C25H25N3O6S. The summed E-state index contributed by atoms with van der Waals surface area (Å²) < 4.78 is 37.4. The molecular weight excluding hydrogens is 470 g/mol. The lowest BCUT2D eigenvalue weighted by Gasteiger charge is -2.26. The number of morpholine rings is 1. The van der Waals surface area contributed by atoms with Gasteiger partial charge in [-0.2, -0.15) is 4.31 Å². The number of benzene rings is 2. The summed E-state index contributed by atoms with van der Waals surface area (Å²) in [6, 6.07) is 13.3. The van der Waals surface area contributed by atoms with Crippen molar-refractivity contribution in [1.82, 2.24) is 9.29 Å². The van der Waals surface area contributed by atoms with E-state index in [9.17, 15) is 18.0 Å². The van der Waals surface area contributed by atoms with Crippen molar-refractivity contribution >= 4 is 38.5 Å². The van der Waals surface area contributed by atoms with Gasteiger partial charge < -0.3 is 14.8 Å². The van der Waals surface area contributed by atoms with Gasteiger partial charge in [0.25, 0.3) is 5.91 Å². The third kappa shape index (κ3) is 4.77. The van der Waals surface area contributed by atoms with E-state index in [1.165, 1.54) is 28.6 Å². The Morgan fingerprint density at radius 2 is 1.77 bits per heavy atom. The highest BCUT2D eigenvalue weighted by atomic mass is 32.2. The van der Waals surface area contributed by atoms with Gasteiger partial charge in [-0.05, 0) is 55.2 Å². The van der Waals surface area contributed by atoms with Crippen molar-refractivity contribution in [3.8, 4) is 0 Å². The first-order valence-corrected chi connectivity index (χ1v) is 12.9. The van der Waals surface area contributed by atoms with Crippen LogP contribution in [0.3, 0.4) is 0 Å². The zero-order chi connectivity index (χ0) is 24.4. The van der Waals surface area contributed by atoms with E-state index in [4.69, 9.17) is 9.47 Å². The van der Waals surface area contributed by atoms with Crippen molar-refractivity contribution < 1.29 is 27.5 Å². The molecule has 0 unspecified atom stereocenters. The van der Waals surface area contributed by atoms with Crippen LogP contribution in [0, 0.1) is 0 Å². The number of pyridine rings is 1. The minimum atomic E-state index is -3.62. The van der Waals surface area contributed by atoms with Crippen LogP contribution < -0.4 is 5.32 Å². The number of hydrogen-bond acceptors (Lipinski definition) is 7. The maximum Gasteiger partial charge on any atom is 0.339 e. The Kier molecular flexibility index (Phi) is 6.50. The van der Waals surface area contributed by atoms with Crippen molar-refractivity contribution in [2.45, 2.75) is 24.2 Å². The largest absolute Gasteiger partial charge is 0.452 e. The maximum atomic E-state index is 13.0. The van der Waals surface area contributed by atoms with Crippen LogP contribution in [-0.2, 0) is 37.1 Å². The Bertz CT molecular complexity index is 1380. The number of rotatable bonds is 6. The summed E-state index contributed by atoms with van der Waals surface area (Å²) >= 11 is 0. The SMILES string of the molecule is O=C(COC(=O)c1c2c(nc3ccccc13)CCC2)Nc1ccc(S(=O)(=O)N2CCOCC2)cc1. The standard InChI is InChI=1S/C25H25N3O6S/c29-23(26-17-8-10-18(11-9-17)35(31,32)28-12-14-33-15-13-28)16-34-25(30)24-19-4-1-2-6-21(19)27-22-7-3-5-20(22)24/h1-2,4,6,8-11H,3,5,7,12-16H2,(H,26,29). The predicted octanol–water partition coefficient (Wildman–Crippen LogP) is 2.54. The number of fused-ring (bicyclic) bond motifs is 2. The summed E-state index contributed by atoms with van der Waals surface area (Å²) in [7, 11) is -3.62. The van der Waals surface area contributed by atoms with Crippen LogP contribution in [0.1, 0.15) is 28.0 Å². The van der Waals surface area contributed by atoms with E-state index in [0.717, 1.165) is 41.4 Å². The molecule has 1 N–H and O–H groups in total. The lowest BCUT2D eigenvalue weighted by atomic mass is 10.0. The fraction of sp³-hybridized carbons (Fsp3) is 0.320. The number of aryl methyl sites for hydroxylation is 1. The quantitative estimate of drug-likeness (QED) is 0.523. The normalized spacial score (nSPS) is 16.1. The first-order chi connectivity index (χ1) is 16.9. The third-order valence-corrected chi connectivity index (χ3v) is 8.12. The van der Waals surface area contributed by atoms with Crippen molar-refractivity contribution in [1.29, 1.82) is 0 Å². The van der Waals surface area contributed by atoms with Gasteiger partial charge in [-0.3, -0.25) is 9.78 Å². The molecule has 2 aliphatic rings. The molecule has 1 aliphatic carbocycles. The number of para-hydroxylation sites is 1. The molecule has 0 saturated carbocycles. The predicted molar refractivity (Wildman–Crippen MR) is 129 cm³/mol. The van der Waals surface area contributed by atoms with Crippen LogP contribution in [0.2, 0.25) is 0 Å². The van der Waals surface area contributed by atoms with Crippen molar-refractivity contribution in [3.63, 3.8) is 0 Å². The van der Waals surface area contributed by atoms with Crippen LogP contribution in [0.25, 0.3) is 10.9 Å². The van der Waals surface area contributed by atoms with Gasteiger partial charge in [0.1, 0.15) is 0 Å². The Morgan fingerprint density at radius 1 is 1.03 bits per heavy atom. The molecule has 0 bridgehead atoms. The van der Waals surface area contributed by atoms with Gasteiger partial charge in [0.05, 0.1) is 29.2 Å². The number of nitrogens with one attached hydrogen (secondary N) is 1. The Morgan fingerprint density at radius 3 is 2.54 bits per heavy atom. The molecule has 35 heavy (non-hydrogen) atoms. The van der Waals surface area contributed by atoms with Gasteiger partial charge in [0, 0.05) is 29.9 Å². The summed E-state index contributed by atoms with van der Waals surface area (Å²) in [5, 5.41) is 3.36. The van der Waals surface area contributed by atoms with Gasteiger partial charge in [-0.15, -0.1) is 0 Å². The summed E-state index contributed by atoms with van der Waals surface area (Å²) in [6.45, 7) is 0.886. The van der Waals surface area contributed by atoms with Crippen LogP contribution in [0.5, 0.6) is 0 Å². The molecule has 182 valence electrons. The lowest BCUT2D eigenvalue weighted by molar-refractivity contribution is -0.119. The highest BCUT2D eigenvalue weighted by molar-refractivity contribution is 7.89. The smallest absolute Gasteiger partial charge is 0.339 e. The number of carbonyl (C=O) groups is 2. The van der Waals surface area contributed by atoms with E-state index in [2.05, 4.69) is 10.3 Å². The van der Waals surface area contributed by atoms with Crippen molar-refractivity contribution in [2.75, 3.05) is 38.2 Å². The molecule has 0 radical (unpaired) electrons. The fourth-order valence-corrected chi connectivity index (χ4v) is 5.90. The number of nitrogens with zero attached hydrogens (tertiary/aromatic N) is 2. The molecule has 3 aromatic rings. The van der Waals surface area contributed by atoms with Crippen molar-refractivity contribution in [2.24, 2.45) is 0 Å². The van der Waals surface area contributed by atoms with Crippen LogP contribution >= 0.6 is 0 Å². The highest BCUT2D eigenvalue weighted by Gasteiger charge is 2.27. The van der Waals surface area contributed by atoms with Gasteiger partial charge >= 0.3 is 5.97 Å². The zero-order valence-electron chi connectivity index (χ0n) is 19.0. The van der Waals surface area contributed by atoms with E-state index in [0.29, 0.717) is 37.6 Å². The summed E-state index contributed by atoms with van der Waals surface area (Å²) in [5.41, 5.74) is 3.42. The Hall–Kier alpha value is -3.34. The molecule has 1 fully saturated rings. The van der Waals surface area contributed by atoms with Gasteiger partial charge in [-0.1, -0.05) is 18.2 Å². The number of amides is 1. The number of esters is 1. The summed E-state index contributed by atoms with van der Waals surface area (Å²) in [5.74, 6) is -1.07. The molecule has 2 heterocycles. The second kappa shape index (κ2) is 9.73. The molecule has 1 aliphatic heterocycles. The molecule has 0 spiro atoms. The van der Waals surface area contributed by atoms with Crippen LogP contribution in [-0.4, -0.2) is 62.5 Å². The van der Waals surface area contributed by atoms with Crippen LogP contribution in [0.15, 0.2) is 53.4 Å². The Labute approximate surface area is 203 Å². The number of anilines is 1. The minimum Gasteiger partial charge on any atom is -0.452 e. The maximum absolute atomic E-state index is 13.0. The van der Waals surface area contributed by atoms with E-state index in [-0.39, 0.29) is 4.90 Å². The highest BCUT2D eigenvalue weighted by Crippen LogP contribution is 2.30. The van der Waals surface area contributed by atoms with E-state index < -0.39 is 28.5 Å². The molecule has 1 aromatic heterocycles. The van der Waals surface area contributed by atoms with E-state index in [1.807, 2.05) is 24.3 Å². The fourth-order valence-electron chi connectivity index (χ4n) is 4.49. The van der Waals surface area contributed by atoms with Gasteiger partial charge in [0.15, 0.2) is 6.61 Å². The second-order valence-electron chi connectivity index (χ2n) is 8.45. The molecule has 10 heteroatoms. The van der Waals surface area contributed by atoms with Crippen molar-refractivity contribution in [3.05, 3.63) is 65.4 Å². The van der Waals surface area contributed by atoms with Gasteiger partial charge in [0.2, 0.25) is 10.0 Å². The molecule has 1 amide bonds. The first-order valence-electron chi connectivity index (χ1n) is 11.5. The third-order valence-electron chi connectivity index (χ3n) is 6.20.